The monoisotopic (exact) mass is 283 g/mol. The van der Waals surface area contributed by atoms with E-state index in [2.05, 4.69) is 94.7 Å². The van der Waals surface area contributed by atoms with Crippen LogP contribution >= 0.6 is 0 Å². The molecule has 22 heavy (non-hydrogen) atoms. The maximum absolute atomic E-state index is 2.30. The summed E-state index contributed by atoms with van der Waals surface area (Å²) in [6.07, 6.45) is 0. The molecule has 3 aromatic rings. The van der Waals surface area contributed by atoms with Gasteiger partial charge in [0.1, 0.15) is 7.28 Å². The summed E-state index contributed by atoms with van der Waals surface area (Å²) >= 11 is 0. The number of hydrogen-bond donors (Lipinski definition) is 0. The summed E-state index contributed by atoms with van der Waals surface area (Å²) in [7, 11) is 2.17. The molecule has 0 fully saturated rings. The second kappa shape index (κ2) is 6.23. The lowest BCUT2D eigenvalue weighted by atomic mass is 9.71. The smallest absolute Gasteiger partial charge is 0.0872 e. The third-order valence-electron chi connectivity index (χ3n) is 4.20. The molecule has 0 N–H and O–H groups in total. The predicted octanol–water partition coefficient (Wildman–Crippen LogP) is 5.02. The number of hydrogen-bond acceptors (Lipinski definition) is 0. The van der Waals surface area contributed by atoms with Crippen molar-refractivity contribution < 1.29 is 0 Å². The molecule has 3 rings (SSSR count). The summed E-state index contributed by atoms with van der Waals surface area (Å²) in [5.74, 6) is 0. The SMILES string of the molecule is C[B]c1cc(-c2ccccc2C)cc(-c2ccccc2C)c1. The lowest BCUT2D eigenvalue weighted by Gasteiger charge is -2.13. The Hall–Kier alpha value is -2.28. The Labute approximate surface area is 134 Å². The van der Waals surface area contributed by atoms with Crippen molar-refractivity contribution in [1.82, 2.24) is 0 Å². The molecule has 0 bridgehead atoms. The molecule has 0 aliphatic rings. The Kier molecular flexibility index (Phi) is 4.15. The highest BCUT2D eigenvalue weighted by Crippen LogP contribution is 2.29. The van der Waals surface area contributed by atoms with Gasteiger partial charge in [-0.2, -0.15) is 0 Å². The van der Waals surface area contributed by atoms with E-state index < -0.39 is 0 Å². The summed E-state index contributed by atoms with van der Waals surface area (Å²) in [4.78, 5) is 0. The lowest BCUT2D eigenvalue weighted by molar-refractivity contribution is 1.44. The highest BCUT2D eigenvalue weighted by atomic mass is 14.1. The van der Waals surface area contributed by atoms with E-state index in [0.29, 0.717) is 0 Å². The first kappa shape index (κ1) is 14.7. The van der Waals surface area contributed by atoms with Crippen molar-refractivity contribution in [2.45, 2.75) is 20.7 Å². The second-order valence-electron chi connectivity index (χ2n) is 5.76. The van der Waals surface area contributed by atoms with Crippen LogP contribution in [0.2, 0.25) is 6.82 Å². The molecule has 0 amide bonds. The van der Waals surface area contributed by atoms with Crippen LogP contribution in [-0.2, 0) is 0 Å². The van der Waals surface area contributed by atoms with Crippen LogP contribution in [0.1, 0.15) is 11.1 Å². The summed E-state index contributed by atoms with van der Waals surface area (Å²) < 4.78 is 0. The molecule has 0 aliphatic heterocycles. The highest BCUT2D eigenvalue weighted by molar-refractivity contribution is 6.52. The van der Waals surface area contributed by atoms with Gasteiger partial charge in [0.2, 0.25) is 0 Å². The molecular weight excluding hydrogens is 263 g/mol. The fourth-order valence-corrected chi connectivity index (χ4v) is 2.92. The van der Waals surface area contributed by atoms with E-state index in [0.717, 1.165) is 0 Å². The van der Waals surface area contributed by atoms with Gasteiger partial charge < -0.3 is 0 Å². The molecule has 107 valence electrons. The average Bonchev–Trinajstić information content (AvgIpc) is 2.55. The van der Waals surface area contributed by atoms with Crippen LogP contribution in [0.4, 0.5) is 0 Å². The van der Waals surface area contributed by atoms with E-state index in [4.69, 9.17) is 0 Å². The van der Waals surface area contributed by atoms with Gasteiger partial charge in [-0.3, -0.25) is 0 Å². The van der Waals surface area contributed by atoms with Crippen molar-refractivity contribution in [3.05, 3.63) is 77.9 Å². The number of rotatable bonds is 3. The Morgan fingerprint density at radius 2 is 1.09 bits per heavy atom. The van der Waals surface area contributed by atoms with Crippen molar-refractivity contribution in [2.24, 2.45) is 0 Å². The van der Waals surface area contributed by atoms with Crippen molar-refractivity contribution in [2.75, 3.05) is 0 Å². The largest absolute Gasteiger partial charge is 0.148 e. The Morgan fingerprint density at radius 3 is 1.50 bits per heavy atom. The minimum atomic E-state index is 1.26. The van der Waals surface area contributed by atoms with Crippen molar-refractivity contribution in [3.8, 4) is 22.3 Å². The van der Waals surface area contributed by atoms with Gasteiger partial charge >= 0.3 is 0 Å². The van der Waals surface area contributed by atoms with E-state index in [9.17, 15) is 0 Å². The van der Waals surface area contributed by atoms with E-state index in [1.165, 1.54) is 38.8 Å². The molecular formula is C21H20B. The zero-order chi connectivity index (χ0) is 15.5. The highest BCUT2D eigenvalue weighted by Gasteiger charge is 2.08. The molecule has 0 spiro atoms. The van der Waals surface area contributed by atoms with Gasteiger partial charge in [0, 0.05) is 0 Å². The van der Waals surface area contributed by atoms with E-state index in [1.54, 1.807) is 0 Å². The molecule has 0 aromatic heterocycles. The normalized spacial score (nSPS) is 10.5. The van der Waals surface area contributed by atoms with Crippen molar-refractivity contribution >= 4 is 12.7 Å². The fraction of sp³-hybridized carbons (Fsp3) is 0.143. The summed E-state index contributed by atoms with van der Waals surface area (Å²) in [5, 5.41) is 0. The first-order valence-corrected chi connectivity index (χ1v) is 7.75. The van der Waals surface area contributed by atoms with Gasteiger partial charge in [-0.05, 0) is 53.3 Å². The quantitative estimate of drug-likeness (QED) is 0.592. The van der Waals surface area contributed by atoms with E-state index in [-0.39, 0.29) is 0 Å². The van der Waals surface area contributed by atoms with Crippen LogP contribution in [0.25, 0.3) is 22.3 Å². The van der Waals surface area contributed by atoms with Crippen LogP contribution in [-0.4, -0.2) is 7.28 Å². The molecule has 0 heterocycles. The third-order valence-corrected chi connectivity index (χ3v) is 4.20. The maximum atomic E-state index is 2.30. The summed E-state index contributed by atoms with van der Waals surface area (Å²) in [6.45, 7) is 6.44. The summed E-state index contributed by atoms with van der Waals surface area (Å²) in [5.41, 5.74) is 9.07. The Bertz CT molecular complexity index is 739. The zero-order valence-electron chi connectivity index (χ0n) is 13.4. The fourth-order valence-electron chi connectivity index (χ4n) is 2.92. The molecule has 0 aliphatic carbocycles. The molecule has 0 saturated heterocycles. The zero-order valence-corrected chi connectivity index (χ0v) is 13.4. The van der Waals surface area contributed by atoms with Crippen LogP contribution in [0.3, 0.4) is 0 Å². The number of benzene rings is 3. The van der Waals surface area contributed by atoms with Crippen molar-refractivity contribution in [3.63, 3.8) is 0 Å². The third kappa shape index (κ3) is 2.85. The van der Waals surface area contributed by atoms with Gasteiger partial charge in [0.15, 0.2) is 0 Å². The molecule has 1 heteroatoms. The Balaban J connectivity index is 2.20. The molecule has 0 nitrogen and oxygen atoms in total. The second-order valence-corrected chi connectivity index (χ2v) is 5.76. The number of aryl methyl sites for hydroxylation is 2. The first-order chi connectivity index (χ1) is 10.7. The minimum absolute atomic E-state index is 1.26. The molecule has 0 saturated carbocycles. The standard InChI is InChI=1S/C21H20B/c1-15-8-4-6-10-20(15)17-12-18(14-19(13-17)22-3)21-11-7-5-9-16(21)2/h4-14H,1-3H3. The van der Waals surface area contributed by atoms with Gasteiger partial charge in [-0.1, -0.05) is 72.9 Å². The van der Waals surface area contributed by atoms with Crippen LogP contribution in [0.15, 0.2) is 66.7 Å². The van der Waals surface area contributed by atoms with Gasteiger partial charge in [0.05, 0.1) is 0 Å². The van der Waals surface area contributed by atoms with E-state index >= 15 is 0 Å². The van der Waals surface area contributed by atoms with Gasteiger partial charge in [0.25, 0.3) is 0 Å². The predicted molar refractivity (Wildman–Crippen MR) is 98.0 cm³/mol. The van der Waals surface area contributed by atoms with Crippen molar-refractivity contribution in [1.29, 1.82) is 0 Å². The maximum Gasteiger partial charge on any atom is 0.148 e. The first-order valence-electron chi connectivity index (χ1n) is 7.75. The lowest BCUT2D eigenvalue weighted by Crippen LogP contribution is -2.11. The van der Waals surface area contributed by atoms with Gasteiger partial charge in [-0.15, -0.1) is 0 Å². The molecule has 1 radical (unpaired) electrons. The topological polar surface area (TPSA) is 0 Å². The minimum Gasteiger partial charge on any atom is -0.0872 e. The summed E-state index contributed by atoms with van der Waals surface area (Å²) in [6, 6.07) is 24.0. The molecule has 0 atom stereocenters. The van der Waals surface area contributed by atoms with E-state index in [1.807, 2.05) is 0 Å². The van der Waals surface area contributed by atoms with Crippen LogP contribution in [0, 0.1) is 13.8 Å². The van der Waals surface area contributed by atoms with Crippen LogP contribution < -0.4 is 5.46 Å². The van der Waals surface area contributed by atoms with Crippen LogP contribution in [0.5, 0.6) is 0 Å². The van der Waals surface area contributed by atoms with Gasteiger partial charge in [-0.25, -0.2) is 0 Å². The average molecular weight is 283 g/mol. The Morgan fingerprint density at radius 1 is 0.636 bits per heavy atom. The molecule has 0 unspecified atom stereocenters. The molecule has 3 aromatic carbocycles.